The van der Waals surface area contributed by atoms with Crippen molar-refractivity contribution < 1.29 is 4.79 Å². The molecule has 2 unspecified atom stereocenters. The van der Waals surface area contributed by atoms with Gasteiger partial charge in [0.15, 0.2) is 5.96 Å². The molecule has 0 spiro atoms. The molecule has 0 aromatic rings. The number of guanidine groups is 1. The normalized spacial score (nSPS) is 25.4. The van der Waals surface area contributed by atoms with E-state index in [0.717, 1.165) is 56.7 Å². The maximum Gasteiger partial charge on any atom is 0.220 e. The van der Waals surface area contributed by atoms with Gasteiger partial charge < -0.3 is 15.5 Å². The Morgan fingerprint density at radius 1 is 1.23 bits per heavy atom. The molecule has 2 atom stereocenters. The lowest BCUT2D eigenvalue weighted by molar-refractivity contribution is -0.121. The van der Waals surface area contributed by atoms with Gasteiger partial charge in [0.1, 0.15) is 0 Å². The van der Waals surface area contributed by atoms with Crippen molar-refractivity contribution in [2.24, 2.45) is 16.8 Å². The van der Waals surface area contributed by atoms with E-state index < -0.39 is 0 Å². The second-order valence-electron chi connectivity index (χ2n) is 6.77. The molecule has 1 saturated heterocycles. The summed E-state index contributed by atoms with van der Waals surface area (Å²) in [5.41, 5.74) is 0. The minimum absolute atomic E-state index is 0. The van der Waals surface area contributed by atoms with E-state index in [1.807, 2.05) is 7.05 Å². The van der Waals surface area contributed by atoms with Crippen molar-refractivity contribution in [3.8, 4) is 0 Å². The van der Waals surface area contributed by atoms with Gasteiger partial charge in [0.25, 0.3) is 0 Å². The molecule has 2 fully saturated rings. The first-order valence-corrected chi connectivity index (χ1v) is 8.33. The highest BCUT2D eigenvalue weighted by atomic mass is 127. The molecule has 0 aromatic carbocycles. The number of amides is 1. The third kappa shape index (κ3) is 6.71. The van der Waals surface area contributed by atoms with Crippen molar-refractivity contribution in [2.45, 2.75) is 52.0 Å². The zero-order valence-corrected chi connectivity index (χ0v) is 16.4. The average Bonchev–Trinajstić information content (AvgIpc) is 3.21. The Hall–Kier alpha value is -0.530. The summed E-state index contributed by atoms with van der Waals surface area (Å²) in [7, 11) is 1.84. The number of hydrogen-bond acceptors (Lipinski definition) is 2. The van der Waals surface area contributed by atoms with Gasteiger partial charge in [-0.3, -0.25) is 9.79 Å². The lowest BCUT2D eigenvalue weighted by atomic mass is 9.92. The Bertz CT molecular complexity index is 374. The van der Waals surface area contributed by atoms with Gasteiger partial charge in [0.05, 0.1) is 0 Å². The average molecular weight is 422 g/mol. The first-order valence-electron chi connectivity index (χ1n) is 8.33. The molecule has 2 rings (SSSR count). The highest BCUT2D eigenvalue weighted by Crippen LogP contribution is 2.21. The fraction of sp³-hybridized carbons (Fsp3) is 0.875. The number of carbonyl (C=O) groups excluding carboxylic acids is 1. The fourth-order valence-corrected chi connectivity index (χ4v) is 3.14. The second-order valence-corrected chi connectivity index (χ2v) is 6.77. The van der Waals surface area contributed by atoms with Crippen LogP contribution in [0.4, 0.5) is 0 Å². The van der Waals surface area contributed by atoms with Crippen LogP contribution >= 0.6 is 24.0 Å². The number of piperidine rings is 1. The third-order valence-electron chi connectivity index (χ3n) is 4.19. The quantitative estimate of drug-likeness (QED) is 0.309. The van der Waals surface area contributed by atoms with Gasteiger partial charge in [0, 0.05) is 39.1 Å². The summed E-state index contributed by atoms with van der Waals surface area (Å²) >= 11 is 0. The Morgan fingerprint density at radius 3 is 2.41 bits per heavy atom. The Kier molecular flexibility index (Phi) is 8.49. The monoisotopic (exact) mass is 422 g/mol. The number of rotatable bonds is 5. The molecular formula is C16H31IN4O. The molecule has 2 aliphatic rings. The second kappa shape index (κ2) is 9.57. The lowest BCUT2D eigenvalue weighted by Crippen LogP contribution is -2.48. The van der Waals surface area contributed by atoms with Gasteiger partial charge in [-0.1, -0.05) is 13.8 Å². The minimum atomic E-state index is 0. The summed E-state index contributed by atoms with van der Waals surface area (Å²) in [6.07, 6.45) is 5.07. The molecule has 2 N–H and O–H groups in total. The van der Waals surface area contributed by atoms with Crippen LogP contribution < -0.4 is 10.6 Å². The van der Waals surface area contributed by atoms with Crippen molar-refractivity contribution in [1.29, 1.82) is 0 Å². The first-order chi connectivity index (χ1) is 10.1. The van der Waals surface area contributed by atoms with E-state index >= 15 is 0 Å². The third-order valence-corrected chi connectivity index (χ3v) is 4.19. The van der Waals surface area contributed by atoms with Crippen LogP contribution in [0.1, 0.15) is 46.0 Å². The Morgan fingerprint density at radius 2 is 1.86 bits per heavy atom. The van der Waals surface area contributed by atoms with Crippen LogP contribution in [0, 0.1) is 11.8 Å². The summed E-state index contributed by atoms with van der Waals surface area (Å²) in [6, 6.07) is 0.467. The molecule has 22 heavy (non-hydrogen) atoms. The van der Waals surface area contributed by atoms with Crippen LogP contribution in [0.2, 0.25) is 0 Å². The molecule has 1 amide bonds. The van der Waals surface area contributed by atoms with E-state index in [-0.39, 0.29) is 29.9 Å². The van der Waals surface area contributed by atoms with Crippen LogP contribution in [0.15, 0.2) is 4.99 Å². The van der Waals surface area contributed by atoms with Gasteiger partial charge >= 0.3 is 0 Å². The zero-order chi connectivity index (χ0) is 15.2. The molecule has 0 radical (unpaired) electrons. The number of nitrogens with one attached hydrogen (secondary N) is 2. The first kappa shape index (κ1) is 19.5. The summed E-state index contributed by atoms with van der Waals surface area (Å²) in [4.78, 5) is 18.4. The van der Waals surface area contributed by atoms with Crippen molar-refractivity contribution in [2.75, 3.05) is 26.7 Å². The van der Waals surface area contributed by atoms with Gasteiger partial charge in [-0.25, -0.2) is 0 Å². The van der Waals surface area contributed by atoms with E-state index in [2.05, 4.69) is 34.4 Å². The maximum absolute atomic E-state index is 11.6. The smallest absolute Gasteiger partial charge is 0.220 e. The fourth-order valence-electron chi connectivity index (χ4n) is 3.14. The molecule has 0 bridgehead atoms. The molecule has 1 saturated carbocycles. The molecule has 128 valence electrons. The van der Waals surface area contributed by atoms with E-state index in [1.165, 1.54) is 6.42 Å². The summed E-state index contributed by atoms with van der Waals surface area (Å²) in [6.45, 7) is 7.57. The van der Waals surface area contributed by atoms with Crippen molar-refractivity contribution in [1.82, 2.24) is 15.5 Å². The van der Waals surface area contributed by atoms with Gasteiger partial charge in [0.2, 0.25) is 5.91 Å². The number of aliphatic imine (C=N–C) groups is 1. The van der Waals surface area contributed by atoms with Crippen LogP contribution in [0.25, 0.3) is 0 Å². The largest absolute Gasteiger partial charge is 0.356 e. The predicted molar refractivity (Wildman–Crippen MR) is 102 cm³/mol. The zero-order valence-electron chi connectivity index (χ0n) is 14.1. The topological polar surface area (TPSA) is 56.7 Å². The highest BCUT2D eigenvalue weighted by Gasteiger charge is 2.24. The van der Waals surface area contributed by atoms with E-state index in [4.69, 9.17) is 0 Å². The molecule has 1 aliphatic carbocycles. The van der Waals surface area contributed by atoms with Crippen LogP contribution in [0.3, 0.4) is 0 Å². The standard InChI is InChI=1S/C16H30N4O.HI/c1-12-9-13(2)11-20(10-12)16(17-3)18-8-4-5-15(21)19-14-6-7-14;/h12-14H,4-11H2,1-3H3,(H,17,18)(H,19,21);1H. The molecule has 0 aromatic heterocycles. The summed E-state index contributed by atoms with van der Waals surface area (Å²) in [5, 5.41) is 6.42. The number of hydrogen-bond donors (Lipinski definition) is 2. The molecule has 1 aliphatic heterocycles. The minimum Gasteiger partial charge on any atom is -0.356 e. The van der Waals surface area contributed by atoms with Crippen LogP contribution in [-0.2, 0) is 4.79 Å². The van der Waals surface area contributed by atoms with E-state index in [1.54, 1.807) is 0 Å². The number of carbonyl (C=O) groups is 1. The molecular weight excluding hydrogens is 391 g/mol. The lowest BCUT2D eigenvalue weighted by Gasteiger charge is -2.37. The van der Waals surface area contributed by atoms with Gasteiger partial charge in [-0.15, -0.1) is 24.0 Å². The Balaban J connectivity index is 0.00000242. The van der Waals surface area contributed by atoms with Gasteiger partial charge in [-0.05, 0) is 37.5 Å². The van der Waals surface area contributed by atoms with E-state index in [0.29, 0.717) is 12.5 Å². The number of nitrogens with zero attached hydrogens (tertiary/aromatic N) is 2. The highest BCUT2D eigenvalue weighted by molar-refractivity contribution is 14.0. The van der Waals surface area contributed by atoms with Crippen molar-refractivity contribution >= 4 is 35.8 Å². The number of halogens is 1. The maximum atomic E-state index is 11.6. The number of likely N-dealkylation sites (tertiary alicyclic amines) is 1. The van der Waals surface area contributed by atoms with Crippen molar-refractivity contribution in [3.63, 3.8) is 0 Å². The Labute approximate surface area is 151 Å². The predicted octanol–water partition coefficient (Wildman–Crippen LogP) is 2.22. The molecule has 5 nitrogen and oxygen atoms in total. The molecule has 1 heterocycles. The summed E-state index contributed by atoms with van der Waals surface area (Å²) < 4.78 is 0. The van der Waals surface area contributed by atoms with Crippen LogP contribution in [-0.4, -0.2) is 49.5 Å². The van der Waals surface area contributed by atoms with Crippen LogP contribution in [0.5, 0.6) is 0 Å². The summed E-state index contributed by atoms with van der Waals surface area (Å²) in [5.74, 6) is 2.61. The van der Waals surface area contributed by atoms with Crippen molar-refractivity contribution in [3.05, 3.63) is 0 Å². The van der Waals surface area contributed by atoms with E-state index in [9.17, 15) is 4.79 Å². The van der Waals surface area contributed by atoms with Gasteiger partial charge in [-0.2, -0.15) is 0 Å². The molecule has 6 heteroatoms. The SMILES string of the molecule is CN=C(NCCCC(=O)NC1CC1)N1CC(C)CC(C)C1.I.